The number of terminal acetylenes is 1. The van der Waals surface area contributed by atoms with Crippen LogP contribution in [-0.2, 0) is 4.79 Å². The minimum atomic E-state index is 0.0737. The highest BCUT2D eigenvalue weighted by molar-refractivity contribution is 5.78. The van der Waals surface area contributed by atoms with Crippen molar-refractivity contribution in [3.63, 3.8) is 0 Å². The first-order chi connectivity index (χ1) is 7.57. The maximum atomic E-state index is 11.6. The summed E-state index contributed by atoms with van der Waals surface area (Å²) in [6.07, 6.45) is 9.60. The minimum Gasteiger partial charge on any atom is -0.356 e. The molecule has 1 amide bonds. The molecule has 0 aromatic carbocycles. The Morgan fingerprint density at radius 2 is 2.06 bits per heavy atom. The molecule has 0 radical (unpaired) electrons. The molecule has 3 heteroatoms. The van der Waals surface area contributed by atoms with E-state index in [-0.39, 0.29) is 17.9 Å². The number of hydrogen-bond acceptors (Lipinski definition) is 2. The van der Waals surface area contributed by atoms with Crippen LogP contribution in [0.2, 0.25) is 0 Å². The van der Waals surface area contributed by atoms with Crippen LogP contribution in [0.3, 0.4) is 0 Å². The van der Waals surface area contributed by atoms with E-state index >= 15 is 0 Å². The predicted octanol–water partition coefficient (Wildman–Crippen LogP) is 1.67. The van der Waals surface area contributed by atoms with Gasteiger partial charge in [0.1, 0.15) is 0 Å². The first-order valence-corrected chi connectivity index (χ1v) is 6.04. The van der Waals surface area contributed by atoms with E-state index < -0.39 is 0 Å². The summed E-state index contributed by atoms with van der Waals surface area (Å²) >= 11 is 0. The van der Waals surface area contributed by atoms with Gasteiger partial charge in [-0.3, -0.25) is 4.79 Å². The van der Waals surface area contributed by atoms with Crippen LogP contribution in [0.4, 0.5) is 0 Å². The van der Waals surface area contributed by atoms with E-state index in [1.807, 2.05) is 13.8 Å². The SMILES string of the molecule is C#CCCCNC(=O)C(C)CCCC(C)N. The van der Waals surface area contributed by atoms with Gasteiger partial charge in [0.05, 0.1) is 0 Å². The fourth-order valence-corrected chi connectivity index (χ4v) is 1.45. The van der Waals surface area contributed by atoms with Crippen molar-refractivity contribution in [1.29, 1.82) is 0 Å². The van der Waals surface area contributed by atoms with E-state index in [0.717, 1.165) is 32.1 Å². The molecule has 0 aromatic rings. The molecule has 0 aliphatic heterocycles. The molecule has 0 saturated carbocycles. The Bertz CT molecular complexity index is 231. The van der Waals surface area contributed by atoms with Gasteiger partial charge in [-0.2, -0.15) is 0 Å². The van der Waals surface area contributed by atoms with Crippen molar-refractivity contribution in [3.05, 3.63) is 0 Å². The zero-order valence-corrected chi connectivity index (χ0v) is 10.5. The van der Waals surface area contributed by atoms with Crippen LogP contribution in [0, 0.1) is 18.3 Å². The number of hydrogen-bond donors (Lipinski definition) is 2. The molecule has 0 aromatic heterocycles. The minimum absolute atomic E-state index is 0.0737. The van der Waals surface area contributed by atoms with Crippen LogP contribution in [0.15, 0.2) is 0 Å². The van der Waals surface area contributed by atoms with Crippen molar-refractivity contribution in [2.24, 2.45) is 11.7 Å². The largest absolute Gasteiger partial charge is 0.356 e. The Labute approximate surface area is 99.2 Å². The van der Waals surface area contributed by atoms with Crippen LogP contribution in [0.1, 0.15) is 46.0 Å². The normalized spacial score (nSPS) is 13.9. The third-order valence-corrected chi connectivity index (χ3v) is 2.54. The summed E-state index contributed by atoms with van der Waals surface area (Å²) in [6, 6.07) is 0.228. The van der Waals surface area contributed by atoms with E-state index in [0.29, 0.717) is 6.54 Å². The van der Waals surface area contributed by atoms with E-state index in [2.05, 4.69) is 11.2 Å². The molecule has 0 bridgehead atoms. The zero-order chi connectivity index (χ0) is 12.4. The van der Waals surface area contributed by atoms with E-state index in [4.69, 9.17) is 12.2 Å². The molecule has 0 saturated heterocycles. The van der Waals surface area contributed by atoms with Gasteiger partial charge in [0, 0.05) is 24.9 Å². The smallest absolute Gasteiger partial charge is 0.222 e. The topological polar surface area (TPSA) is 55.1 Å². The number of carbonyl (C=O) groups excluding carboxylic acids is 1. The van der Waals surface area contributed by atoms with Crippen LogP contribution in [0.25, 0.3) is 0 Å². The van der Waals surface area contributed by atoms with E-state index in [9.17, 15) is 4.79 Å². The highest BCUT2D eigenvalue weighted by Crippen LogP contribution is 2.08. The lowest BCUT2D eigenvalue weighted by molar-refractivity contribution is -0.124. The van der Waals surface area contributed by atoms with Crippen LogP contribution in [-0.4, -0.2) is 18.5 Å². The summed E-state index contributed by atoms with van der Waals surface area (Å²) in [5.74, 6) is 2.75. The highest BCUT2D eigenvalue weighted by Gasteiger charge is 2.11. The molecule has 92 valence electrons. The Balaban J connectivity index is 3.54. The van der Waals surface area contributed by atoms with Crippen LogP contribution >= 0.6 is 0 Å². The van der Waals surface area contributed by atoms with Gasteiger partial charge in [-0.25, -0.2) is 0 Å². The van der Waals surface area contributed by atoms with Gasteiger partial charge < -0.3 is 11.1 Å². The number of nitrogens with two attached hydrogens (primary N) is 1. The predicted molar refractivity (Wildman–Crippen MR) is 67.7 cm³/mol. The fraction of sp³-hybridized carbons (Fsp3) is 0.769. The average Bonchev–Trinajstić information content (AvgIpc) is 2.23. The average molecular weight is 224 g/mol. The van der Waals surface area contributed by atoms with E-state index in [1.54, 1.807) is 0 Å². The third kappa shape index (κ3) is 8.31. The molecular weight excluding hydrogens is 200 g/mol. The van der Waals surface area contributed by atoms with Crippen molar-refractivity contribution < 1.29 is 4.79 Å². The Morgan fingerprint density at radius 3 is 2.62 bits per heavy atom. The van der Waals surface area contributed by atoms with Gasteiger partial charge >= 0.3 is 0 Å². The van der Waals surface area contributed by atoms with Gasteiger partial charge in [-0.15, -0.1) is 12.3 Å². The lowest BCUT2D eigenvalue weighted by Crippen LogP contribution is -2.30. The number of rotatable bonds is 8. The number of unbranched alkanes of at least 4 members (excludes halogenated alkanes) is 1. The second-order valence-electron chi connectivity index (χ2n) is 4.41. The fourth-order valence-electron chi connectivity index (χ4n) is 1.45. The molecule has 0 spiro atoms. The quantitative estimate of drug-likeness (QED) is 0.487. The molecule has 0 aliphatic carbocycles. The lowest BCUT2D eigenvalue weighted by Gasteiger charge is -2.12. The van der Waals surface area contributed by atoms with Gasteiger partial charge in [-0.05, 0) is 26.2 Å². The molecular formula is C13H24N2O. The zero-order valence-electron chi connectivity index (χ0n) is 10.5. The van der Waals surface area contributed by atoms with Crippen LogP contribution in [0.5, 0.6) is 0 Å². The summed E-state index contributed by atoms with van der Waals surface area (Å²) in [5.41, 5.74) is 5.65. The molecule has 0 aliphatic rings. The highest BCUT2D eigenvalue weighted by atomic mass is 16.1. The van der Waals surface area contributed by atoms with Gasteiger partial charge in [0.2, 0.25) is 5.91 Å². The lowest BCUT2D eigenvalue weighted by atomic mass is 10.0. The molecule has 3 N–H and O–H groups in total. The molecule has 0 heterocycles. The van der Waals surface area contributed by atoms with Crippen molar-refractivity contribution >= 4 is 5.91 Å². The molecule has 3 nitrogen and oxygen atoms in total. The molecule has 16 heavy (non-hydrogen) atoms. The maximum absolute atomic E-state index is 11.6. The first kappa shape index (κ1) is 15.0. The maximum Gasteiger partial charge on any atom is 0.222 e. The second kappa shape index (κ2) is 9.23. The molecule has 2 unspecified atom stereocenters. The first-order valence-electron chi connectivity index (χ1n) is 6.04. The Morgan fingerprint density at radius 1 is 1.38 bits per heavy atom. The molecule has 0 rings (SSSR count). The van der Waals surface area contributed by atoms with Crippen molar-refractivity contribution in [2.75, 3.05) is 6.54 Å². The summed E-state index contributed by atoms with van der Waals surface area (Å²) in [4.78, 5) is 11.6. The van der Waals surface area contributed by atoms with Crippen LogP contribution < -0.4 is 11.1 Å². The summed E-state index contributed by atoms with van der Waals surface area (Å²) < 4.78 is 0. The number of nitrogens with one attached hydrogen (secondary N) is 1. The summed E-state index contributed by atoms with van der Waals surface area (Å²) in [6.45, 7) is 4.63. The molecule has 2 atom stereocenters. The van der Waals surface area contributed by atoms with Crippen molar-refractivity contribution in [3.8, 4) is 12.3 Å². The standard InChI is InChI=1S/C13H24N2O/c1-4-5-6-10-15-13(16)11(2)8-7-9-12(3)14/h1,11-12H,5-10,14H2,2-3H3,(H,15,16). The van der Waals surface area contributed by atoms with Gasteiger partial charge in [0.25, 0.3) is 0 Å². The van der Waals surface area contributed by atoms with Crippen molar-refractivity contribution in [1.82, 2.24) is 5.32 Å². The third-order valence-electron chi connectivity index (χ3n) is 2.54. The number of carbonyl (C=O) groups is 1. The Kier molecular flexibility index (Phi) is 8.65. The summed E-state index contributed by atoms with van der Waals surface area (Å²) in [5, 5.41) is 2.89. The van der Waals surface area contributed by atoms with Gasteiger partial charge in [-0.1, -0.05) is 13.3 Å². The number of amides is 1. The Hall–Kier alpha value is -1.01. The van der Waals surface area contributed by atoms with E-state index in [1.165, 1.54) is 0 Å². The van der Waals surface area contributed by atoms with Gasteiger partial charge in [0.15, 0.2) is 0 Å². The second-order valence-corrected chi connectivity index (χ2v) is 4.41. The summed E-state index contributed by atoms with van der Waals surface area (Å²) in [7, 11) is 0. The molecule has 0 fully saturated rings. The van der Waals surface area contributed by atoms with Crippen molar-refractivity contribution in [2.45, 2.75) is 52.0 Å². The monoisotopic (exact) mass is 224 g/mol.